The van der Waals surface area contributed by atoms with Crippen molar-refractivity contribution in [2.24, 2.45) is 0 Å². The monoisotopic (exact) mass is 333 g/mol. The second kappa shape index (κ2) is 7.16. The van der Waals surface area contributed by atoms with E-state index in [-0.39, 0.29) is 10.0 Å². The van der Waals surface area contributed by atoms with Crippen molar-refractivity contribution in [3.05, 3.63) is 69.0 Å². The Morgan fingerprint density at radius 3 is 1.90 bits per heavy atom. The fourth-order valence-corrected chi connectivity index (χ4v) is 2.62. The van der Waals surface area contributed by atoms with E-state index in [1.807, 2.05) is 0 Å². The van der Waals surface area contributed by atoms with Gasteiger partial charge in [0, 0.05) is 22.7 Å². The number of halogens is 5. The van der Waals surface area contributed by atoms with Gasteiger partial charge in [-0.2, -0.15) is 0 Å². The summed E-state index contributed by atoms with van der Waals surface area (Å²) in [6, 6.07) is 5.73. The van der Waals surface area contributed by atoms with Crippen LogP contribution in [-0.4, -0.2) is 6.54 Å². The summed E-state index contributed by atoms with van der Waals surface area (Å²) in [5, 5.41) is 3.55. The Hall–Kier alpha value is -1.23. The molecule has 2 aromatic carbocycles. The van der Waals surface area contributed by atoms with Crippen molar-refractivity contribution in [3.63, 3.8) is 0 Å². The van der Waals surface area contributed by atoms with Gasteiger partial charge in [-0.15, -0.1) is 0 Å². The molecular formula is C15H12Cl2F3N. The summed E-state index contributed by atoms with van der Waals surface area (Å²) in [4.78, 5) is 0. The smallest absolute Gasteiger partial charge is 0.126 e. The predicted molar refractivity (Wildman–Crippen MR) is 78.2 cm³/mol. The molecular weight excluding hydrogens is 322 g/mol. The Morgan fingerprint density at radius 1 is 0.810 bits per heavy atom. The molecule has 0 aliphatic carbocycles. The molecule has 0 unspecified atom stereocenters. The molecule has 0 aliphatic heterocycles. The first-order valence-corrected chi connectivity index (χ1v) is 7.00. The molecule has 0 radical (unpaired) electrons. The van der Waals surface area contributed by atoms with Crippen molar-refractivity contribution in [2.45, 2.75) is 13.0 Å². The van der Waals surface area contributed by atoms with Gasteiger partial charge in [-0.3, -0.25) is 0 Å². The lowest BCUT2D eigenvalue weighted by atomic mass is 10.1. The third kappa shape index (κ3) is 4.63. The first kappa shape index (κ1) is 16.1. The number of hydrogen-bond acceptors (Lipinski definition) is 1. The van der Waals surface area contributed by atoms with Crippen LogP contribution in [0, 0.1) is 17.5 Å². The minimum absolute atomic E-state index is 0.263. The van der Waals surface area contributed by atoms with Gasteiger partial charge in [-0.05, 0) is 48.4 Å². The maximum Gasteiger partial charge on any atom is 0.126 e. The van der Waals surface area contributed by atoms with Crippen LogP contribution in [0.1, 0.15) is 11.1 Å². The van der Waals surface area contributed by atoms with Gasteiger partial charge >= 0.3 is 0 Å². The normalized spacial score (nSPS) is 10.9. The van der Waals surface area contributed by atoms with Crippen LogP contribution in [0.25, 0.3) is 0 Å². The molecule has 2 aromatic rings. The van der Waals surface area contributed by atoms with Gasteiger partial charge in [-0.1, -0.05) is 23.2 Å². The summed E-state index contributed by atoms with van der Waals surface area (Å²) in [7, 11) is 0. The number of hydrogen-bond donors (Lipinski definition) is 1. The van der Waals surface area contributed by atoms with Gasteiger partial charge in [0.15, 0.2) is 0 Å². The molecule has 21 heavy (non-hydrogen) atoms. The summed E-state index contributed by atoms with van der Waals surface area (Å²) in [5.74, 6) is -1.72. The van der Waals surface area contributed by atoms with Crippen molar-refractivity contribution in [1.82, 2.24) is 5.32 Å². The van der Waals surface area contributed by atoms with Crippen LogP contribution in [0.4, 0.5) is 13.2 Å². The van der Waals surface area contributed by atoms with Crippen LogP contribution in [0.2, 0.25) is 10.0 Å². The number of rotatable bonds is 5. The van der Waals surface area contributed by atoms with Gasteiger partial charge in [-0.25, -0.2) is 13.2 Å². The van der Waals surface area contributed by atoms with Crippen LogP contribution < -0.4 is 5.32 Å². The van der Waals surface area contributed by atoms with E-state index in [2.05, 4.69) is 5.32 Å². The summed E-state index contributed by atoms with van der Waals surface area (Å²) < 4.78 is 39.1. The summed E-state index contributed by atoms with van der Waals surface area (Å²) in [6.07, 6.45) is 0.482. The van der Waals surface area contributed by atoms with Gasteiger partial charge in [0.25, 0.3) is 0 Å². The van der Waals surface area contributed by atoms with Crippen molar-refractivity contribution in [2.75, 3.05) is 6.54 Å². The second-order valence-corrected chi connectivity index (χ2v) is 5.37. The van der Waals surface area contributed by atoms with E-state index in [9.17, 15) is 13.2 Å². The fraction of sp³-hybridized carbons (Fsp3) is 0.200. The van der Waals surface area contributed by atoms with Crippen molar-refractivity contribution < 1.29 is 13.2 Å². The van der Waals surface area contributed by atoms with E-state index in [0.29, 0.717) is 30.6 Å². The molecule has 6 heteroatoms. The molecule has 0 spiro atoms. The topological polar surface area (TPSA) is 12.0 Å². The summed E-state index contributed by atoms with van der Waals surface area (Å²) >= 11 is 11.8. The van der Waals surface area contributed by atoms with E-state index in [1.54, 1.807) is 0 Å². The lowest BCUT2D eigenvalue weighted by Crippen LogP contribution is -2.17. The van der Waals surface area contributed by atoms with Crippen molar-refractivity contribution in [1.29, 1.82) is 0 Å². The molecule has 0 heterocycles. The Balaban J connectivity index is 1.90. The van der Waals surface area contributed by atoms with Gasteiger partial charge in [0.05, 0.1) is 0 Å². The van der Waals surface area contributed by atoms with Gasteiger partial charge in [0.1, 0.15) is 17.5 Å². The molecule has 0 atom stereocenters. The first-order chi connectivity index (χ1) is 9.95. The SMILES string of the molecule is Fc1cc(F)cc(CNCCc2c(Cl)cc(F)cc2Cl)c1. The average Bonchev–Trinajstić information content (AvgIpc) is 2.35. The predicted octanol–water partition coefficient (Wildman–Crippen LogP) is 4.74. The largest absolute Gasteiger partial charge is 0.312 e. The standard InChI is InChI=1S/C15H12Cl2F3N/c16-14-6-12(20)7-15(17)13(14)1-2-21-8-9-3-10(18)5-11(19)4-9/h3-7,21H,1-2,8H2. The van der Waals surface area contributed by atoms with Crippen LogP contribution in [0.3, 0.4) is 0 Å². The Morgan fingerprint density at radius 2 is 1.33 bits per heavy atom. The highest BCUT2D eigenvalue weighted by atomic mass is 35.5. The quantitative estimate of drug-likeness (QED) is 0.779. The molecule has 0 fully saturated rings. The Bertz CT molecular complexity index is 604. The van der Waals surface area contributed by atoms with Crippen molar-refractivity contribution in [3.8, 4) is 0 Å². The third-order valence-corrected chi connectivity index (χ3v) is 3.58. The number of nitrogens with one attached hydrogen (secondary N) is 1. The zero-order chi connectivity index (χ0) is 15.4. The molecule has 0 saturated carbocycles. The third-order valence-electron chi connectivity index (χ3n) is 2.91. The Labute approximate surface area is 130 Å². The van der Waals surface area contributed by atoms with Gasteiger partial charge < -0.3 is 5.32 Å². The number of benzene rings is 2. The molecule has 0 saturated heterocycles. The fourth-order valence-electron chi connectivity index (χ4n) is 1.97. The highest BCUT2D eigenvalue weighted by Gasteiger charge is 2.08. The average molecular weight is 334 g/mol. The van der Waals surface area contributed by atoms with Gasteiger partial charge in [0.2, 0.25) is 0 Å². The van der Waals surface area contributed by atoms with Crippen LogP contribution >= 0.6 is 23.2 Å². The van der Waals surface area contributed by atoms with E-state index < -0.39 is 17.5 Å². The van der Waals surface area contributed by atoms with Crippen LogP contribution in [0.5, 0.6) is 0 Å². The zero-order valence-electron chi connectivity index (χ0n) is 10.9. The van der Waals surface area contributed by atoms with Crippen LogP contribution in [0.15, 0.2) is 30.3 Å². The van der Waals surface area contributed by atoms with Crippen molar-refractivity contribution >= 4 is 23.2 Å². The minimum Gasteiger partial charge on any atom is -0.312 e. The van der Waals surface area contributed by atoms with E-state index in [1.165, 1.54) is 24.3 Å². The summed E-state index contributed by atoms with van der Waals surface area (Å²) in [5.41, 5.74) is 1.14. The maximum atomic E-state index is 13.0. The van der Waals surface area contributed by atoms with E-state index in [4.69, 9.17) is 23.2 Å². The maximum absolute atomic E-state index is 13.0. The molecule has 0 aromatic heterocycles. The molecule has 1 N–H and O–H groups in total. The van der Waals surface area contributed by atoms with E-state index >= 15 is 0 Å². The highest BCUT2D eigenvalue weighted by molar-refractivity contribution is 6.36. The first-order valence-electron chi connectivity index (χ1n) is 6.25. The zero-order valence-corrected chi connectivity index (χ0v) is 12.4. The highest BCUT2D eigenvalue weighted by Crippen LogP contribution is 2.26. The Kier molecular flexibility index (Phi) is 5.51. The molecule has 1 nitrogen and oxygen atoms in total. The molecule has 0 aliphatic rings. The lowest BCUT2D eigenvalue weighted by Gasteiger charge is -2.09. The van der Waals surface area contributed by atoms with Crippen LogP contribution in [-0.2, 0) is 13.0 Å². The second-order valence-electron chi connectivity index (χ2n) is 4.55. The summed E-state index contributed by atoms with van der Waals surface area (Å²) in [6.45, 7) is 0.800. The molecule has 2 rings (SSSR count). The minimum atomic E-state index is -0.614. The lowest BCUT2D eigenvalue weighted by molar-refractivity contribution is 0.575. The molecule has 112 valence electrons. The van der Waals surface area contributed by atoms with E-state index in [0.717, 1.165) is 6.07 Å². The molecule has 0 amide bonds. The molecule has 0 bridgehead atoms.